The number of rotatable bonds is 3. The summed E-state index contributed by atoms with van der Waals surface area (Å²) in [7, 11) is 0. The summed E-state index contributed by atoms with van der Waals surface area (Å²) in [5.41, 5.74) is -0.135. The quantitative estimate of drug-likeness (QED) is 0.755. The van der Waals surface area contributed by atoms with Gasteiger partial charge in [-0.15, -0.1) is 0 Å². The maximum Gasteiger partial charge on any atom is 0.337 e. The van der Waals surface area contributed by atoms with Crippen LogP contribution in [0.1, 0.15) is 23.2 Å². The Morgan fingerprint density at radius 3 is 2.83 bits per heavy atom. The number of halogens is 1. The van der Waals surface area contributed by atoms with Crippen molar-refractivity contribution >= 4 is 17.6 Å². The molecule has 1 aromatic carbocycles. The van der Waals surface area contributed by atoms with Crippen LogP contribution in [0.5, 0.6) is 0 Å². The van der Waals surface area contributed by atoms with E-state index in [2.05, 4.69) is 10.6 Å². The molecule has 1 aliphatic rings. The van der Waals surface area contributed by atoms with Crippen molar-refractivity contribution in [2.24, 2.45) is 0 Å². The lowest BCUT2D eigenvalue weighted by Gasteiger charge is -2.12. The first-order chi connectivity index (χ1) is 8.58. The number of nitrogens with one attached hydrogen (secondary N) is 2. The zero-order valence-corrected chi connectivity index (χ0v) is 9.57. The first kappa shape index (κ1) is 12.5. The summed E-state index contributed by atoms with van der Waals surface area (Å²) in [5.74, 6) is -2.13. The minimum atomic E-state index is -1.20. The molecule has 0 saturated carbocycles. The molecule has 1 aliphatic heterocycles. The van der Waals surface area contributed by atoms with Crippen molar-refractivity contribution in [2.45, 2.75) is 18.9 Å². The second-order valence-corrected chi connectivity index (χ2v) is 4.13. The SMILES string of the molecule is O=C(O)c1ccc(F)cc1NC(=O)C1CCCN1. The fourth-order valence-electron chi connectivity index (χ4n) is 1.93. The number of benzene rings is 1. The first-order valence-electron chi connectivity index (χ1n) is 5.65. The Morgan fingerprint density at radius 1 is 1.44 bits per heavy atom. The Balaban J connectivity index is 2.19. The molecule has 1 heterocycles. The maximum absolute atomic E-state index is 13.1. The number of amides is 1. The van der Waals surface area contributed by atoms with Gasteiger partial charge >= 0.3 is 5.97 Å². The molecule has 0 aliphatic carbocycles. The van der Waals surface area contributed by atoms with Crippen LogP contribution >= 0.6 is 0 Å². The van der Waals surface area contributed by atoms with Gasteiger partial charge in [0.2, 0.25) is 5.91 Å². The maximum atomic E-state index is 13.1. The molecule has 1 aromatic rings. The Labute approximate surface area is 103 Å². The summed E-state index contributed by atoms with van der Waals surface area (Å²) in [6.45, 7) is 0.757. The van der Waals surface area contributed by atoms with Crippen LogP contribution in [-0.4, -0.2) is 29.6 Å². The third kappa shape index (κ3) is 2.65. The van der Waals surface area contributed by atoms with Gasteiger partial charge in [-0.3, -0.25) is 4.79 Å². The fourth-order valence-corrected chi connectivity index (χ4v) is 1.93. The fraction of sp³-hybridized carbons (Fsp3) is 0.333. The molecule has 3 N–H and O–H groups in total. The average molecular weight is 252 g/mol. The van der Waals surface area contributed by atoms with Gasteiger partial charge in [0, 0.05) is 0 Å². The predicted molar refractivity (Wildman–Crippen MR) is 63.0 cm³/mol. The molecule has 5 nitrogen and oxygen atoms in total. The third-order valence-corrected chi connectivity index (χ3v) is 2.85. The Hall–Kier alpha value is -1.95. The van der Waals surface area contributed by atoms with Gasteiger partial charge in [-0.25, -0.2) is 9.18 Å². The van der Waals surface area contributed by atoms with Crippen molar-refractivity contribution in [2.75, 3.05) is 11.9 Å². The minimum absolute atomic E-state index is 0.0128. The normalized spacial score (nSPS) is 18.6. The van der Waals surface area contributed by atoms with E-state index in [1.54, 1.807) is 0 Å². The lowest BCUT2D eigenvalue weighted by atomic mass is 10.1. The highest BCUT2D eigenvalue weighted by atomic mass is 19.1. The molecule has 1 atom stereocenters. The number of carbonyl (C=O) groups is 2. The molecule has 0 bridgehead atoms. The number of aromatic carboxylic acids is 1. The number of carboxylic acids is 1. The highest BCUT2D eigenvalue weighted by Crippen LogP contribution is 2.18. The average Bonchev–Trinajstić information content (AvgIpc) is 2.81. The van der Waals surface area contributed by atoms with Gasteiger partial charge in [-0.2, -0.15) is 0 Å². The van der Waals surface area contributed by atoms with Crippen molar-refractivity contribution in [1.82, 2.24) is 5.32 Å². The molecule has 1 fully saturated rings. The standard InChI is InChI=1S/C12H13FN2O3/c13-7-3-4-8(12(17)18)10(6-7)15-11(16)9-2-1-5-14-9/h3-4,6,9,14H,1-2,5H2,(H,15,16)(H,17,18). The topological polar surface area (TPSA) is 78.4 Å². The van der Waals surface area contributed by atoms with Crippen LogP contribution in [0.15, 0.2) is 18.2 Å². The van der Waals surface area contributed by atoms with E-state index >= 15 is 0 Å². The van der Waals surface area contributed by atoms with E-state index in [1.165, 1.54) is 0 Å². The molecule has 0 radical (unpaired) electrons. The summed E-state index contributed by atoms with van der Waals surface area (Å²) in [5, 5.41) is 14.4. The van der Waals surface area contributed by atoms with Gasteiger partial charge in [-0.05, 0) is 37.6 Å². The monoisotopic (exact) mass is 252 g/mol. The van der Waals surface area contributed by atoms with Gasteiger partial charge < -0.3 is 15.7 Å². The third-order valence-electron chi connectivity index (χ3n) is 2.85. The first-order valence-corrected chi connectivity index (χ1v) is 5.65. The number of carboxylic acid groups (broad SMARTS) is 1. The van der Waals surface area contributed by atoms with Crippen LogP contribution in [0.25, 0.3) is 0 Å². The Kier molecular flexibility index (Phi) is 3.57. The minimum Gasteiger partial charge on any atom is -0.478 e. The molecule has 18 heavy (non-hydrogen) atoms. The Bertz CT molecular complexity index is 484. The van der Waals surface area contributed by atoms with E-state index in [-0.39, 0.29) is 23.2 Å². The molecular weight excluding hydrogens is 239 g/mol. The molecule has 96 valence electrons. The van der Waals surface area contributed by atoms with Crippen LogP contribution < -0.4 is 10.6 Å². The van der Waals surface area contributed by atoms with Crippen LogP contribution in [0, 0.1) is 5.82 Å². The molecule has 0 spiro atoms. The van der Waals surface area contributed by atoms with Gasteiger partial charge in [0.05, 0.1) is 17.3 Å². The van der Waals surface area contributed by atoms with Crippen molar-refractivity contribution in [3.05, 3.63) is 29.6 Å². The molecule has 1 unspecified atom stereocenters. The van der Waals surface area contributed by atoms with Crippen molar-refractivity contribution < 1.29 is 19.1 Å². The summed E-state index contributed by atoms with van der Waals surface area (Å²) >= 11 is 0. The van der Waals surface area contributed by atoms with E-state index in [0.717, 1.165) is 31.2 Å². The lowest BCUT2D eigenvalue weighted by molar-refractivity contribution is -0.117. The largest absolute Gasteiger partial charge is 0.478 e. The molecule has 0 aromatic heterocycles. The number of hydrogen-bond acceptors (Lipinski definition) is 3. The number of hydrogen-bond donors (Lipinski definition) is 3. The second kappa shape index (κ2) is 5.14. The van der Waals surface area contributed by atoms with Gasteiger partial charge in [-0.1, -0.05) is 0 Å². The number of anilines is 1. The zero-order valence-electron chi connectivity index (χ0n) is 9.57. The molecule has 6 heteroatoms. The van der Waals surface area contributed by atoms with E-state index in [1.807, 2.05) is 0 Å². The van der Waals surface area contributed by atoms with Crippen LogP contribution in [-0.2, 0) is 4.79 Å². The van der Waals surface area contributed by atoms with Gasteiger partial charge in [0.1, 0.15) is 5.82 Å². The van der Waals surface area contributed by atoms with Crippen molar-refractivity contribution in [1.29, 1.82) is 0 Å². The summed E-state index contributed by atoms with van der Waals surface area (Å²) < 4.78 is 13.1. The van der Waals surface area contributed by atoms with E-state index in [0.29, 0.717) is 6.42 Å². The highest BCUT2D eigenvalue weighted by molar-refractivity contribution is 6.02. The summed E-state index contributed by atoms with van der Waals surface area (Å²) in [6, 6.07) is 2.86. The Morgan fingerprint density at radius 2 is 2.22 bits per heavy atom. The second-order valence-electron chi connectivity index (χ2n) is 4.13. The summed E-state index contributed by atoms with van der Waals surface area (Å²) in [6.07, 6.45) is 1.59. The van der Waals surface area contributed by atoms with Crippen LogP contribution in [0.3, 0.4) is 0 Å². The predicted octanol–water partition coefficient (Wildman–Crippen LogP) is 1.21. The van der Waals surface area contributed by atoms with Gasteiger partial charge in [0.15, 0.2) is 0 Å². The molecule has 2 rings (SSSR count). The lowest BCUT2D eigenvalue weighted by Crippen LogP contribution is -2.35. The van der Waals surface area contributed by atoms with E-state index in [4.69, 9.17) is 5.11 Å². The zero-order chi connectivity index (χ0) is 13.1. The van der Waals surface area contributed by atoms with E-state index in [9.17, 15) is 14.0 Å². The molecule has 1 saturated heterocycles. The van der Waals surface area contributed by atoms with Crippen LogP contribution in [0.2, 0.25) is 0 Å². The highest BCUT2D eigenvalue weighted by Gasteiger charge is 2.23. The van der Waals surface area contributed by atoms with E-state index < -0.39 is 11.8 Å². The van der Waals surface area contributed by atoms with Gasteiger partial charge in [0.25, 0.3) is 0 Å². The summed E-state index contributed by atoms with van der Waals surface area (Å²) in [4.78, 5) is 22.8. The van der Waals surface area contributed by atoms with Crippen LogP contribution in [0.4, 0.5) is 10.1 Å². The number of carbonyl (C=O) groups excluding carboxylic acids is 1. The van der Waals surface area contributed by atoms with Crippen molar-refractivity contribution in [3.63, 3.8) is 0 Å². The molecular formula is C12H13FN2O3. The molecule has 1 amide bonds. The smallest absolute Gasteiger partial charge is 0.337 e. The van der Waals surface area contributed by atoms with Crippen molar-refractivity contribution in [3.8, 4) is 0 Å².